The number of esters is 4. The van der Waals surface area contributed by atoms with Crippen LogP contribution in [0.15, 0.2) is 231 Å². The summed E-state index contributed by atoms with van der Waals surface area (Å²) in [6.45, 7) is 41.7. The lowest BCUT2D eigenvalue weighted by Gasteiger charge is -2.37. The molecule has 8 nitrogen and oxygen atoms in total. The molecule has 14 aromatic carbocycles. The van der Waals surface area contributed by atoms with Gasteiger partial charge in [0.15, 0.2) is 0 Å². The Morgan fingerprint density at radius 2 is 0.508 bits per heavy atom. The molecule has 4 aliphatic rings. The van der Waals surface area contributed by atoms with Gasteiger partial charge in [0.05, 0.1) is 22.3 Å². The van der Waals surface area contributed by atoms with Crippen LogP contribution in [0, 0.1) is 0 Å². The van der Waals surface area contributed by atoms with Gasteiger partial charge in [0.1, 0.15) is 26.4 Å². The maximum absolute atomic E-state index is 15.5. The highest BCUT2D eigenvalue weighted by molar-refractivity contribution is 7.03. The maximum atomic E-state index is 15.5. The number of fused-ring (bicyclic) bond motifs is 10. The van der Waals surface area contributed by atoms with E-state index in [4.69, 9.17) is 18.9 Å². The minimum absolute atomic E-state index is 0.0696. The van der Waals surface area contributed by atoms with Crippen molar-refractivity contribution in [3.63, 3.8) is 0 Å². The summed E-state index contributed by atoms with van der Waals surface area (Å²) in [6.07, 6.45) is 0. The van der Waals surface area contributed by atoms with E-state index in [9.17, 15) is 9.59 Å². The number of benzene rings is 14. The molecule has 0 unspecified atom stereocenters. The van der Waals surface area contributed by atoms with Crippen LogP contribution in [0.4, 0.5) is 0 Å². The minimum atomic E-state index is -0.463. The summed E-state index contributed by atoms with van der Waals surface area (Å²) in [5, 5.41) is 6.51. The Labute approximate surface area is 694 Å². The highest BCUT2D eigenvalue weighted by atomic mass is 16.5. The van der Waals surface area contributed by atoms with Crippen molar-refractivity contribution in [3.8, 4) is 66.8 Å². The average molecular weight is 1550 g/mol. The predicted octanol–water partition coefficient (Wildman–Crippen LogP) is 22.1. The van der Waals surface area contributed by atoms with Crippen molar-refractivity contribution in [2.75, 3.05) is 0 Å². The molecule has 0 saturated carbocycles. The van der Waals surface area contributed by atoms with E-state index in [1.807, 2.05) is 158 Å². The van der Waals surface area contributed by atoms with E-state index in [-0.39, 0.29) is 37.3 Å². The van der Waals surface area contributed by atoms with Crippen molar-refractivity contribution >= 4 is 102 Å². The first-order valence-corrected chi connectivity index (χ1v) is 41.7. The Hall–Kier alpha value is -11.9. The third kappa shape index (κ3) is 13.2. The van der Waals surface area contributed by atoms with Gasteiger partial charge in [-0.15, -0.1) is 0 Å². The quantitative estimate of drug-likeness (QED) is 0.0459. The molecule has 10 heteroatoms. The summed E-state index contributed by atoms with van der Waals surface area (Å²) in [4.78, 5) is 60.6. The maximum Gasteiger partial charge on any atom is 0.338 e. The third-order valence-corrected chi connectivity index (χ3v) is 25.2. The Morgan fingerprint density at radius 1 is 0.246 bits per heavy atom. The van der Waals surface area contributed by atoms with Gasteiger partial charge in [-0.1, -0.05) is 327 Å². The van der Waals surface area contributed by atoms with Crippen molar-refractivity contribution in [1.29, 1.82) is 0 Å². The lowest BCUT2D eigenvalue weighted by atomic mass is 9.34. The summed E-state index contributed by atoms with van der Waals surface area (Å²) < 4.78 is 25.2. The lowest BCUT2D eigenvalue weighted by Crippen LogP contribution is -2.53. The molecule has 18 rings (SSSR count). The van der Waals surface area contributed by atoms with E-state index in [0.717, 1.165) is 143 Å². The van der Waals surface area contributed by atoms with E-state index >= 15 is 9.59 Å². The van der Waals surface area contributed by atoms with Crippen molar-refractivity contribution in [1.82, 2.24) is 0 Å². The summed E-state index contributed by atoms with van der Waals surface area (Å²) in [5.74, 6) is -1.82. The van der Waals surface area contributed by atoms with Gasteiger partial charge in [-0.05, 0) is 248 Å². The SMILES string of the molecule is CC(C)(C)c1cc(C(C)(C)C)c(-c2cc3c4c(cc5c(-c6c(C(C)(C)C)cc(C(C)(C)C)cc6C(C)(C)C)cc6c7c(cc2c4c57)B2c4ccc(C(=O)OCc5ccccc5)cc4-c4cc(C(=O)OCc5ccccc5)cc-6c42)B2c4ccc(C(=O)OCc5ccccc5)cc4-c4cc(C(=O)OCc5ccccc5)cc-3c42)c(C(C)(C)C)c1. The van der Waals surface area contributed by atoms with Gasteiger partial charge < -0.3 is 18.9 Å². The van der Waals surface area contributed by atoms with Crippen molar-refractivity contribution in [2.24, 2.45) is 0 Å². The molecule has 0 fully saturated rings. The third-order valence-electron chi connectivity index (χ3n) is 25.2. The molecule has 0 aliphatic carbocycles. The second kappa shape index (κ2) is 27.9. The van der Waals surface area contributed by atoms with Gasteiger partial charge in [0, 0.05) is 0 Å². The molecule has 0 atom stereocenters. The normalized spacial score (nSPS) is 13.2. The molecule has 0 aromatic heterocycles. The van der Waals surface area contributed by atoms with Crippen LogP contribution in [-0.4, -0.2) is 37.3 Å². The van der Waals surface area contributed by atoms with Crippen LogP contribution < -0.4 is 32.8 Å². The fraction of sp³-hybridized carbons (Fsp3) is 0.259. The monoisotopic (exact) mass is 1550 g/mol. The number of hydrogen-bond donors (Lipinski definition) is 0. The lowest BCUT2D eigenvalue weighted by molar-refractivity contribution is 0.0464. The molecule has 0 saturated heterocycles. The van der Waals surface area contributed by atoms with Crippen molar-refractivity contribution < 1.29 is 38.1 Å². The van der Waals surface area contributed by atoms with Crippen LogP contribution in [0.25, 0.3) is 99.1 Å². The highest BCUT2D eigenvalue weighted by Gasteiger charge is 2.48. The molecule has 4 heterocycles. The molecule has 0 spiro atoms. The van der Waals surface area contributed by atoms with Gasteiger partial charge in [-0.25, -0.2) is 19.2 Å². The molecule has 0 N–H and O–H groups in total. The summed E-state index contributed by atoms with van der Waals surface area (Å²) in [7, 11) is 0. The molecular weight excluding hydrogens is 1450 g/mol. The summed E-state index contributed by atoms with van der Waals surface area (Å²) in [6, 6.07) is 79.5. The molecule has 0 radical (unpaired) electrons. The molecule has 0 bridgehead atoms. The van der Waals surface area contributed by atoms with Crippen LogP contribution in [0.1, 0.15) is 222 Å². The summed E-state index contributed by atoms with van der Waals surface area (Å²) >= 11 is 0. The Bertz CT molecular complexity index is 6080. The first kappa shape index (κ1) is 77.4. The van der Waals surface area contributed by atoms with Crippen LogP contribution in [0.5, 0.6) is 0 Å². The van der Waals surface area contributed by atoms with Gasteiger partial charge >= 0.3 is 23.9 Å². The Morgan fingerprint density at radius 3 is 0.780 bits per heavy atom. The van der Waals surface area contributed by atoms with E-state index in [0.29, 0.717) is 22.3 Å². The Kier molecular flexibility index (Phi) is 18.3. The predicted molar refractivity (Wildman–Crippen MR) is 487 cm³/mol. The van der Waals surface area contributed by atoms with Crippen LogP contribution in [0.2, 0.25) is 0 Å². The zero-order valence-electron chi connectivity index (χ0n) is 71.2. The second-order valence-electron chi connectivity index (χ2n) is 39.5. The highest BCUT2D eigenvalue weighted by Crippen LogP contribution is 2.56. The molecule has 4 aliphatic heterocycles. The molecule has 586 valence electrons. The molecule has 14 aromatic rings. The van der Waals surface area contributed by atoms with Crippen LogP contribution >= 0.6 is 0 Å². The zero-order chi connectivity index (χ0) is 82.9. The van der Waals surface area contributed by atoms with Crippen molar-refractivity contribution in [2.45, 2.75) is 184 Å². The van der Waals surface area contributed by atoms with Gasteiger partial charge in [-0.3, -0.25) is 0 Å². The zero-order valence-corrected chi connectivity index (χ0v) is 71.2. The Balaban J connectivity index is 1.03. The largest absolute Gasteiger partial charge is 0.457 e. The smallest absolute Gasteiger partial charge is 0.338 e. The number of hydrogen-bond acceptors (Lipinski definition) is 8. The van der Waals surface area contributed by atoms with E-state index in [1.165, 1.54) is 44.5 Å². The van der Waals surface area contributed by atoms with Crippen LogP contribution in [0.3, 0.4) is 0 Å². The number of rotatable bonds is 14. The minimum Gasteiger partial charge on any atom is -0.457 e. The fourth-order valence-electron chi connectivity index (χ4n) is 19.2. The first-order valence-electron chi connectivity index (χ1n) is 41.7. The molecular formula is C108H100B2O8. The van der Waals surface area contributed by atoms with Crippen LogP contribution in [-0.2, 0) is 77.9 Å². The first-order chi connectivity index (χ1) is 56.0. The average Bonchev–Trinajstić information content (AvgIpc) is 1.36. The number of ether oxygens (including phenoxy) is 4. The summed E-state index contributed by atoms with van der Waals surface area (Å²) in [5.41, 5.74) is 28.5. The van der Waals surface area contributed by atoms with Gasteiger partial charge in [0.2, 0.25) is 13.4 Å². The van der Waals surface area contributed by atoms with Gasteiger partial charge in [-0.2, -0.15) is 0 Å². The molecule has 0 amide bonds. The number of carbonyl (C=O) groups excluding carboxylic acids is 4. The standard InChI is InChI=1S/C108H100B2O8/c1-103(2,3)69-49-83(105(7,8)9)91(84(50-69)106(10,11)12)73-53-75-81-47-67(101(113)117-59-63-35-27-21-28-36-63)45-79-71-43-66(100(112)116-58-62-33-25-20-26-34-62)40-42-88(71)110(97(79)81)90-56-78-74(92-85(107(13,14)15)51-70(104(4,5)6)52-86(92)108(16,17)18)54-76-82-48-68(102(114)118-60-64-37-29-22-30-38-64)46-80-72-44-65(99(111)115-57-61-31-23-19-24-32-61)39-41-87(72)109(98(80)82)89-55-77(73)95(93(75)90)96(78)94(76)89/h19-56H,57-60H2,1-18H3. The van der Waals surface area contributed by atoms with Crippen molar-refractivity contribution in [3.05, 3.63) is 308 Å². The van der Waals surface area contributed by atoms with Gasteiger partial charge in [0.25, 0.3) is 0 Å². The topological polar surface area (TPSA) is 105 Å². The number of carbonyl (C=O) groups is 4. The second-order valence-corrected chi connectivity index (χ2v) is 39.5. The van der Waals surface area contributed by atoms with E-state index in [1.54, 1.807) is 0 Å². The van der Waals surface area contributed by atoms with E-state index < -0.39 is 59.0 Å². The molecule has 118 heavy (non-hydrogen) atoms. The fourth-order valence-corrected chi connectivity index (χ4v) is 19.2. The van der Waals surface area contributed by atoms with E-state index in [2.05, 4.69) is 197 Å².